The van der Waals surface area contributed by atoms with Crippen LogP contribution in [0.4, 0.5) is 0 Å². The van der Waals surface area contributed by atoms with E-state index < -0.39 is 0 Å². The smallest absolute Gasteiger partial charge is 0.0105 e. The van der Waals surface area contributed by atoms with E-state index in [1.807, 2.05) is 0 Å². The number of hydrogen-bond donors (Lipinski definition) is 2. The second kappa shape index (κ2) is 2.89. The summed E-state index contributed by atoms with van der Waals surface area (Å²) in [5.41, 5.74) is 11.9. The van der Waals surface area contributed by atoms with Crippen molar-refractivity contribution in [3.05, 3.63) is 0 Å². The highest BCUT2D eigenvalue weighted by molar-refractivity contribution is 4.95. The maximum Gasteiger partial charge on any atom is 0.0105 e. The first-order valence-electron chi connectivity index (χ1n) is 4.21. The standard InChI is InChI=1S/C8H18N2/c1-2-7(10)8(6-9)4-3-5-8/h7H,2-6,9-10H2,1H3. The van der Waals surface area contributed by atoms with E-state index in [-0.39, 0.29) is 0 Å². The van der Waals surface area contributed by atoms with Gasteiger partial charge in [-0.15, -0.1) is 0 Å². The molecule has 1 aliphatic rings. The summed E-state index contributed by atoms with van der Waals surface area (Å²) < 4.78 is 0. The highest BCUT2D eigenvalue weighted by Crippen LogP contribution is 2.42. The Balaban J connectivity index is 2.46. The summed E-state index contributed by atoms with van der Waals surface area (Å²) in [6.07, 6.45) is 4.89. The summed E-state index contributed by atoms with van der Waals surface area (Å²) in [7, 11) is 0. The molecule has 60 valence electrons. The lowest BCUT2D eigenvalue weighted by atomic mass is 9.63. The van der Waals surface area contributed by atoms with Crippen molar-refractivity contribution in [3.8, 4) is 0 Å². The van der Waals surface area contributed by atoms with E-state index >= 15 is 0 Å². The number of hydrogen-bond acceptors (Lipinski definition) is 2. The van der Waals surface area contributed by atoms with Gasteiger partial charge in [-0.05, 0) is 31.2 Å². The van der Waals surface area contributed by atoms with Crippen molar-refractivity contribution in [2.24, 2.45) is 16.9 Å². The van der Waals surface area contributed by atoms with E-state index in [1.54, 1.807) is 0 Å². The molecule has 0 heterocycles. The van der Waals surface area contributed by atoms with Gasteiger partial charge in [-0.2, -0.15) is 0 Å². The second-order valence-electron chi connectivity index (χ2n) is 3.43. The summed E-state index contributed by atoms with van der Waals surface area (Å²) in [6.45, 7) is 2.92. The van der Waals surface area contributed by atoms with Gasteiger partial charge in [-0.3, -0.25) is 0 Å². The van der Waals surface area contributed by atoms with Crippen molar-refractivity contribution in [2.75, 3.05) is 6.54 Å². The Morgan fingerprint density at radius 2 is 2.10 bits per heavy atom. The van der Waals surface area contributed by atoms with Gasteiger partial charge in [0.05, 0.1) is 0 Å². The van der Waals surface area contributed by atoms with Crippen LogP contribution in [0.1, 0.15) is 32.6 Å². The van der Waals surface area contributed by atoms with Crippen LogP contribution in [-0.2, 0) is 0 Å². The van der Waals surface area contributed by atoms with Crippen LogP contribution in [0.25, 0.3) is 0 Å². The predicted molar refractivity (Wildman–Crippen MR) is 43.6 cm³/mol. The maximum absolute atomic E-state index is 5.94. The van der Waals surface area contributed by atoms with Gasteiger partial charge in [-0.1, -0.05) is 13.3 Å². The predicted octanol–water partition coefficient (Wildman–Crippen LogP) is 0.853. The molecule has 1 rings (SSSR count). The molecule has 10 heavy (non-hydrogen) atoms. The van der Waals surface area contributed by atoms with Gasteiger partial charge in [0.1, 0.15) is 0 Å². The number of rotatable bonds is 3. The van der Waals surface area contributed by atoms with E-state index in [9.17, 15) is 0 Å². The minimum Gasteiger partial charge on any atom is -0.330 e. The Kier molecular flexibility index (Phi) is 2.32. The number of nitrogens with two attached hydrogens (primary N) is 2. The fraction of sp³-hybridized carbons (Fsp3) is 1.00. The van der Waals surface area contributed by atoms with Crippen molar-refractivity contribution in [1.29, 1.82) is 0 Å². The van der Waals surface area contributed by atoms with E-state index in [1.165, 1.54) is 19.3 Å². The van der Waals surface area contributed by atoms with Gasteiger partial charge in [0, 0.05) is 6.04 Å². The monoisotopic (exact) mass is 142 g/mol. The van der Waals surface area contributed by atoms with E-state index in [0.29, 0.717) is 11.5 Å². The van der Waals surface area contributed by atoms with Gasteiger partial charge in [0.25, 0.3) is 0 Å². The molecule has 0 radical (unpaired) electrons. The lowest BCUT2D eigenvalue weighted by Crippen LogP contribution is -2.51. The Labute approximate surface area is 63.0 Å². The summed E-state index contributed by atoms with van der Waals surface area (Å²) >= 11 is 0. The normalized spacial score (nSPS) is 25.5. The molecule has 0 aromatic rings. The highest BCUT2D eigenvalue weighted by Gasteiger charge is 2.39. The summed E-state index contributed by atoms with van der Waals surface area (Å²) in [5.74, 6) is 0. The van der Waals surface area contributed by atoms with Crippen molar-refractivity contribution < 1.29 is 0 Å². The zero-order valence-electron chi connectivity index (χ0n) is 6.77. The molecule has 2 nitrogen and oxygen atoms in total. The van der Waals surface area contributed by atoms with E-state index in [2.05, 4.69) is 6.92 Å². The van der Waals surface area contributed by atoms with Crippen LogP contribution in [0.3, 0.4) is 0 Å². The summed E-state index contributed by atoms with van der Waals surface area (Å²) in [4.78, 5) is 0. The molecule has 0 spiro atoms. The molecule has 4 N–H and O–H groups in total. The lowest BCUT2D eigenvalue weighted by Gasteiger charge is -2.45. The zero-order valence-corrected chi connectivity index (χ0v) is 6.77. The molecular formula is C8H18N2. The third kappa shape index (κ3) is 1.06. The van der Waals surface area contributed by atoms with Crippen LogP contribution >= 0.6 is 0 Å². The zero-order chi connectivity index (χ0) is 7.61. The Morgan fingerprint density at radius 3 is 2.20 bits per heavy atom. The molecule has 0 aromatic carbocycles. The van der Waals surface area contributed by atoms with Gasteiger partial charge in [0.2, 0.25) is 0 Å². The molecular weight excluding hydrogens is 124 g/mol. The first kappa shape index (κ1) is 8.02. The Morgan fingerprint density at radius 1 is 1.50 bits per heavy atom. The average Bonchev–Trinajstić information content (AvgIpc) is 1.86. The average molecular weight is 142 g/mol. The third-order valence-electron chi connectivity index (χ3n) is 2.98. The molecule has 0 aliphatic heterocycles. The first-order valence-corrected chi connectivity index (χ1v) is 4.21. The molecule has 0 bridgehead atoms. The minimum atomic E-state index is 0.328. The van der Waals surface area contributed by atoms with Crippen LogP contribution < -0.4 is 11.5 Å². The molecule has 2 heteroatoms. The van der Waals surface area contributed by atoms with Gasteiger partial charge < -0.3 is 11.5 Å². The fourth-order valence-electron chi connectivity index (χ4n) is 1.79. The van der Waals surface area contributed by atoms with Crippen LogP contribution in [-0.4, -0.2) is 12.6 Å². The van der Waals surface area contributed by atoms with Crippen LogP contribution in [0, 0.1) is 5.41 Å². The molecule has 1 aliphatic carbocycles. The molecule has 1 atom stereocenters. The quantitative estimate of drug-likeness (QED) is 0.614. The van der Waals surface area contributed by atoms with Gasteiger partial charge in [0.15, 0.2) is 0 Å². The molecule has 0 aromatic heterocycles. The summed E-state index contributed by atoms with van der Waals surface area (Å²) in [6, 6.07) is 0.339. The highest BCUT2D eigenvalue weighted by atomic mass is 14.8. The maximum atomic E-state index is 5.94. The molecule has 1 saturated carbocycles. The lowest BCUT2D eigenvalue weighted by molar-refractivity contribution is 0.102. The van der Waals surface area contributed by atoms with Crippen molar-refractivity contribution >= 4 is 0 Å². The summed E-state index contributed by atoms with van der Waals surface area (Å²) in [5, 5.41) is 0. The topological polar surface area (TPSA) is 52.0 Å². The van der Waals surface area contributed by atoms with Crippen LogP contribution in [0.2, 0.25) is 0 Å². The Hall–Kier alpha value is -0.0800. The van der Waals surface area contributed by atoms with Crippen LogP contribution in [0.5, 0.6) is 0 Å². The SMILES string of the molecule is CCC(N)C1(CN)CCC1. The first-order chi connectivity index (χ1) is 4.75. The fourth-order valence-corrected chi connectivity index (χ4v) is 1.79. The van der Waals surface area contributed by atoms with Gasteiger partial charge >= 0.3 is 0 Å². The Bertz CT molecular complexity index is 102. The van der Waals surface area contributed by atoms with Crippen molar-refractivity contribution in [2.45, 2.75) is 38.6 Å². The molecule has 0 saturated heterocycles. The molecule has 0 amide bonds. The second-order valence-corrected chi connectivity index (χ2v) is 3.43. The van der Waals surface area contributed by atoms with Gasteiger partial charge in [-0.25, -0.2) is 0 Å². The third-order valence-corrected chi connectivity index (χ3v) is 2.98. The minimum absolute atomic E-state index is 0.328. The molecule has 1 unspecified atom stereocenters. The van der Waals surface area contributed by atoms with Crippen molar-refractivity contribution in [3.63, 3.8) is 0 Å². The van der Waals surface area contributed by atoms with Crippen LogP contribution in [0.15, 0.2) is 0 Å². The van der Waals surface area contributed by atoms with Crippen molar-refractivity contribution in [1.82, 2.24) is 0 Å². The van der Waals surface area contributed by atoms with E-state index in [4.69, 9.17) is 11.5 Å². The van der Waals surface area contributed by atoms with E-state index in [0.717, 1.165) is 13.0 Å². The largest absolute Gasteiger partial charge is 0.330 e. The molecule has 1 fully saturated rings.